The van der Waals surface area contributed by atoms with E-state index in [0.29, 0.717) is 24.5 Å². The summed E-state index contributed by atoms with van der Waals surface area (Å²) in [6, 6.07) is 13.0. The number of halogens is 1. The molecule has 0 fully saturated rings. The van der Waals surface area contributed by atoms with Crippen LogP contribution in [0.2, 0.25) is 0 Å². The van der Waals surface area contributed by atoms with Gasteiger partial charge in [0.05, 0.1) is 19.3 Å². The van der Waals surface area contributed by atoms with Gasteiger partial charge < -0.3 is 14.8 Å². The summed E-state index contributed by atoms with van der Waals surface area (Å²) in [6.45, 7) is 3.26. The Morgan fingerprint density at radius 2 is 1.86 bits per heavy atom. The number of thiocarbonyl (C=S) groups is 1. The smallest absolute Gasteiger partial charge is 0.261 e. The van der Waals surface area contributed by atoms with Crippen molar-refractivity contribution in [3.63, 3.8) is 0 Å². The Kier molecular flexibility index (Phi) is 9.94. The van der Waals surface area contributed by atoms with E-state index in [2.05, 4.69) is 33.5 Å². The van der Waals surface area contributed by atoms with E-state index in [1.807, 2.05) is 30.3 Å². The van der Waals surface area contributed by atoms with Crippen molar-refractivity contribution < 1.29 is 14.3 Å². The molecule has 2 N–H and O–H groups in total. The summed E-state index contributed by atoms with van der Waals surface area (Å²) in [6.07, 6.45) is 4.44. The van der Waals surface area contributed by atoms with Gasteiger partial charge in [-0.3, -0.25) is 10.1 Å². The molecule has 2 aromatic carbocycles. The molecule has 0 aliphatic heterocycles. The van der Waals surface area contributed by atoms with Crippen LogP contribution in [0.5, 0.6) is 11.5 Å². The average Bonchev–Trinajstić information content (AvgIpc) is 2.73. The lowest BCUT2D eigenvalue weighted by molar-refractivity contribution is 0.0972. The molecule has 0 aliphatic carbocycles. The number of hydrogen-bond acceptors (Lipinski definition) is 4. The predicted molar refractivity (Wildman–Crippen MR) is 124 cm³/mol. The molecule has 0 unspecified atom stereocenters. The van der Waals surface area contributed by atoms with E-state index in [9.17, 15) is 4.79 Å². The summed E-state index contributed by atoms with van der Waals surface area (Å²) in [5, 5.41) is 6.03. The Balaban J connectivity index is 1.90. The Morgan fingerprint density at radius 1 is 1.10 bits per heavy atom. The third-order valence-corrected chi connectivity index (χ3v) is 5.02. The van der Waals surface area contributed by atoms with Crippen molar-refractivity contribution in [3.8, 4) is 11.5 Å². The van der Waals surface area contributed by atoms with Crippen molar-refractivity contribution in [1.82, 2.24) is 10.6 Å². The molecule has 0 radical (unpaired) electrons. The third-order valence-electron chi connectivity index (χ3n) is 4.28. The number of carbonyl (C=O) groups excluding carboxylic acids is 1. The second-order valence-corrected chi connectivity index (χ2v) is 7.86. The minimum Gasteiger partial charge on any atom is -0.497 e. The molecule has 156 valence electrons. The van der Waals surface area contributed by atoms with Crippen LogP contribution in [-0.4, -0.2) is 24.7 Å². The molecule has 0 aliphatic rings. The lowest BCUT2D eigenvalue weighted by atomic mass is 10.2. The number of amides is 1. The van der Waals surface area contributed by atoms with Gasteiger partial charge in [-0.2, -0.15) is 0 Å². The molecule has 29 heavy (non-hydrogen) atoms. The van der Waals surface area contributed by atoms with Gasteiger partial charge in [0.25, 0.3) is 5.91 Å². The molecular formula is C22H27BrN2O3S. The molecule has 2 rings (SSSR count). The number of rotatable bonds is 10. The molecule has 0 aromatic heterocycles. The monoisotopic (exact) mass is 478 g/mol. The lowest BCUT2D eigenvalue weighted by Gasteiger charge is -2.14. The van der Waals surface area contributed by atoms with E-state index in [4.69, 9.17) is 21.7 Å². The van der Waals surface area contributed by atoms with Gasteiger partial charge in [-0.05, 0) is 54.5 Å². The van der Waals surface area contributed by atoms with Gasteiger partial charge in [-0.15, -0.1) is 0 Å². The first-order chi connectivity index (χ1) is 14.0. The second-order valence-electron chi connectivity index (χ2n) is 6.53. The van der Waals surface area contributed by atoms with Gasteiger partial charge in [-0.25, -0.2) is 0 Å². The molecular weight excluding hydrogens is 452 g/mol. The van der Waals surface area contributed by atoms with E-state index in [-0.39, 0.29) is 11.0 Å². The number of unbranched alkanes of at least 4 members (excludes halogenated alkanes) is 3. The Morgan fingerprint density at radius 3 is 2.55 bits per heavy atom. The molecule has 5 nitrogen and oxygen atoms in total. The van der Waals surface area contributed by atoms with Crippen LogP contribution in [0.1, 0.15) is 48.5 Å². The van der Waals surface area contributed by atoms with Gasteiger partial charge in [0, 0.05) is 11.0 Å². The first-order valence-electron chi connectivity index (χ1n) is 9.68. The van der Waals surface area contributed by atoms with Crippen LogP contribution in [0.4, 0.5) is 0 Å². The van der Waals surface area contributed by atoms with E-state index < -0.39 is 0 Å². The van der Waals surface area contributed by atoms with Crippen LogP contribution in [-0.2, 0) is 6.54 Å². The number of benzene rings is 2. The maximum Gasteiger partial charge on any atom is 0.261 e. The van der Waals surface area contributed by atoms with Crippen LogP contribution < -0.4 is 20.1 Å². The summed E-state index contributed by atoms with van der Waals surface area (Å²) in [5.41, 5.74) is 1.48. The molecule has 0 saturated heterocycles. The SMILES string of the molecule is CCCCCCOc1ccc(Br)cc1C(=O)NC(=S)NCc1ccc(OC)cc1. The topological polar surface area (TPSA) is 59.6 Å². The van der Waals surface area contributed by atoms with E-state index in [1.54, 1.807) is 19.2 Å². The predicted octanol–water partition coefficient (Wildman–Crippen LogP) is 5.22. The summed E-state index contributed by atoms with van der Waals surface area (Å²) >= 11 is 8.68. The number of hydrogen-bond donors (Lipinski definition) is 2. The number of methoxy groups -OCH3 is 1. The summed E-state index contributed by atoms with van der Waals surface area (Å²) in [7, 11) is 1.63. The Bertz CT molecular complexity index is 812. The third kappa shape index (κ3) is 8.03. The van der Waals surface area contributed by atoms with Gasteiger partial charge in [-0.1, -0.05) is 54.2 Å². The second kappa shape index (κ2) is 12.4. The molecule has 0 heterocycles. The van der Waals surface area contributed by atoms with Crippen molar-refractivity contribution in [1.29, 1.82) is 0 Å². The highest BCUT2D eigenvalue weighted by atomic mass is 79.9. The fourth-order valence-electron chi connectivity index (χ4n) is 2.66. The fourth-order valence-corrected chi connectivity index (χ4v) is 3.18. The number of nitrogens with one attached hydrogen (secondary N) is 2. The molecule has 0 bridgehead atoms. The van der Waals surface area contributed by atoms with Crippen LogP contribution in [0, 0.1) is 0 Å². The number of carbonyl (C=O) groups is 1. The van der Waals surface area contributed by atoms with Gasteiger partial charge in [0.1, 0.15) is 11.5 Å². The summed E-state index contributed by atoms with van der Waals surface area (Å²) < 4.78 is 11.8. The quantitative estimate of drug-likeness (QED) is 0.362. The average molecular weight is 479 g/mol. The van der Waals surface area contributed by atoms with Gasteiger partial charge in [0.2, 0.25) is 0 Å². The first kappa shape index (κ1) is 23.2. The van der Waals surface area contributed by atoms with E-state index in [0.717, 1.165) is 28.6 Å². The zero-order valence-corrected chi connectivity index (χ0v) is 19.2. The Labute approximate surface area is 186 Å². The maximum absolute atomic E-state index is 12.7. The Hall–Kier alpha value is -2.12. The fraction of sp³-hybridized carbons (Fsp3) is 0.364. The highest BCUT2D eigenvalue weighted by molar-refractivity contribution is 9.10. The standard InChI is InChI=1S/C22H27BrN2O3S/c1-3-4-5-6-13-28-20-12-9-17(23)14-19(20)21(26)25-22(29)24-15-16-7-10-18(27-2)11-8-16/h7-12,14H,3-6,13,15H2,1-2H3,(H2,24,25,26,29). The van der Waals surface area contributed by atoms with Crippen LogP contribution in [0.25, 0.3) is 0 Å². The van der Waals surface area contributed by atoms with Crippen molar-refractivity contribution in [2.24, 2.45) is 0 Å². The van der Waals surface area contributed by atoms with E-state index in [1.165, 1.54) is 12.8 Å². The van der Waals surface area contributed by atoms with Crippen LogP contribution in [0.15, 0.2) is 46.9 Å². The normalized spacial score (nSPS) is 10.3. The number of ether oxygens (including phenoxy) is 2. The zero-order chi connectivity index (χ0) is 21.1. The van der Waals surface area contributed by atoms with Gasteiger partial charge >= 0.3 is 0 Å². The molecule has 1 amide bonds. The molecule has 0 atom stereocenters. The van der Waals surface area contributed by atoms with Crippen LogP contribution in [0.3, 0.4) is 0 Å². The zero-order valence-electron chi connectivity index (χ0n) is 16.8. The highest BCUT2D eigenvalue weighted by Gasteiger charge is 2.15. The molecule has 7 heteroatoms. The largest absolute Gasteiger partial charge is 0.497 e. The van der Waals surface area contributed by atoms with Gasteiger partial charge in [0.15, 0.2) is 5.11 Å². The summed E-state index contributed by atoms with van der Waals surface area (Å²) in [5.74, 6) is 1.05. The minimum atomic E-state index is -0.304. The molecule has 0 spiro atoms. The first-order valence-corrected chi connectivity index (χ1v) is 10.9. The minimum absolute atomic E-state index is 0.264. The van der Waals surface area contributed by atoms with Crippen molar-refractivity contribution in [3.05, 3.63) is 58.1 Å². The van der Waals surface area contributed by atoms with Crippen molar-refractivity contribution >= 4 is 39.2 Å². The lowest BCUT2D eigenvalue weighted by Crippen LogP contribution is -2.39. The van der Waals surface area contributed by atoms with Crippen molar-refractivity contribution in [2.75, 3.05) is 13.7 Å². The van der Waals surface area contributed by atoms with Crippen LogP contribution >= 0.6 is 28.1 Å². The van der Waals surface area contributed by atoms with E-state index >= 15 is 0 Å². The summed E-state index contributed by atoms with van der Waals surface area (Å²) in [4.78, 5) is 12.7. The maximum atomic E-state index is 12.7. The molecule has 2 aromatic rings. The van der Waals surface area contributed by atoms with Crippen molar-refractivity contribution in [2.45, 2.75) is 39.2 Å². The molecule has 0 saturated carbocycles. The highest BCUT2D eigenvalue weighted by Crippen LogP contribution is 2.23.